The van der Waals surface area contributed by atoms with E-state index in [0.29, 0.717) is 13.0 Å². The minimum Gasteiger partial charge on any atom is -0.466 e. The lowest BCUT2D eigenvalue weighted by Gasteiger charge is -2.03. The first-order valence-corrected chi connectivity index (χ1v) is 10.3. The van der Waals surface area contributed by atoms with Crippen LogP contribution < -0.4 is 0 Å². The lowest BCUT2D eigenvalue weighted by molar-refractivity contribution is -0.143. The monoisotopic (exact) mass is 336 g/mol. The fraction of sp³-hybridized carbons (Fsp3) is 0.773. The minimum absolute atomic E-state index is 0.0173. The quantitative estimate of drug-likeness (QED) is 0.160. The van der Waals surface area contributed by atoms with Crippen LogP contribution in [0.1, 0.15) is 104 Å². The van der Waals surface area contributed by atoms with E-state index < -0.39 is 0 Å². The van der Waals surface area contributed by atoms with Gasteiger partial charge >= 0.3 is 5.97 Å². The van der Waals surface area contributed by atoms with Crippen molar-refractivity contribution in [3.63, 3.8) is 0 Å². The molecule has 0 aromatic carbocycles. The van der Waals surface area contributed by atoms with Gasteiger partial charge in [-0.1, -0.05) is 83.1 Å². The zero-order valence-corrected chi connectivity index (χ0v) is 16.2. The molecule has 0 spiro atoms. The molecule has 0 heterocycles. The van der Waals surface area contributed by atoms with Crippen molar-refractivity contribution in [3.05, 3.63) is 24.3 Å². The maximum atomic E-state index is 11.4. The van der Waals surface area contributed by atoms with Gasteiger partial charge in [0.15, 0.2) is 0 Å². The third kappa shape index (κ3) is 19.0. The maximum Gasteiger partial charge on any atom is 0.305 e. The molecule has 140 valence electrons. The third-order valence-electron chi connectivity index (χ3n) is 4.12. The first-order chi connectivity index (χ1) is 11.8. The molecule has 2 nitrogen and oxygen atoms in total. The van der Waals surface area contributed by atoms with Crippen molar-refractivity contribution in [2.45, 2.75) is 104 Å². The van der Waals surface area contributed by atoms with Crippen LogP contribution in [0.5, 0.6) is 0 Å². The summed E-state index contributed by atoms with van der Waals surface area (Å²) in [5.74, 6) is -0.0173. The molecule has 0 fully saturated rings. The predicted molar refractivity (Wildman–Crippen MR) is 105 cm³/mol. The van der Waals surface area contributed by atoms with Gasteiger partial charge in [0.2, 0.25) is 0 Å². The normalized spacial score (nSPS) is 11.6. The van der Waals surface area contributed by atoms with E-state index in [1.54, 1.807) is 0 Å². The van der Waals surface area contributed by atoms with Gasteiger partial charge in [0.05, 0.1) is 6.61 Å². The molecule has 0 aromatic heterocycles. The van der Waals surface area contributed by atoms with Gasteiger partial charge in [-0.2, -0.15) is 0 Å². The fourth-order valence-corrected chi connectivity index (χ4v) is 2.50. The van der Waals surface area contributed by atoms with E-state index in [0.717, 1.165) is 25.7 Å². The van der Waals surface area contributed by atoms with E-state index in [4.69, 9.17) is 4.74 Å². The number of carbonyl (C=O) groups excluding carboxylic acids is 1. The Morgan fingerprint density at radius 1 is 0.708 bits per heavy atom. The molecule has 0 bridgehead atoms. The van der Waals surface area contributed by atoms with E-state index in [1.807, 2.05) is 0 Å². The van der Waals surface area contributed by atoms with Crippen LogP contribution in [0.3, 0.4) is 0 Å². The first kappa shape index (κ1) is 22.9. The highest BCUT2D eigenvalue weighted by Crippen LogP contribution is 2.09. The Kier molecular flexibility index (Phi) is 19.1. The fourth-order valence-electron chi connectivity index (χ4n) is 2.50. The predicted octanol–water partition coefficient (Wildman–Crippen LogP) is 7.14. The molecule has 0 amide bonds. The van der Waals surface area contributed by atoms with Gasteiger partial charge in [0.25, 0.3) is 0 Å². The summed E-state index contributed by atoms with van der Waals surface area (Å²) in [6, 6.07) is 0. The molecular formula is C22H40O2. The summed E-state index contributed by atoms with van der Waals surface area (Å²) < 4.78 is 5.15. The summed E-state index contributed by atoms with van der Waals surface area (Å²) in [6.07, 6.45) is 25.2. The zero-order valence-electron chi connectivity index (χ0n) is 16.2. The average Bonchev–Trinajstić information content (AvgIpc) is 2.58. The highest BCUT2D eigenvalue weighted by molar-refractivity contribution is 5.69. The Hall–Kier alpha value is -1.05. The largest absolute Gasteiger partial charge is 0.466 e. The molecule has 2 heteroatoms. The van der Waals surface area contributed by atoms with E-state index in [-0.39, 0.29) is 5.97 Å². The molecular weight excluding hydrogens is 296 g/mol. The SMILES string of the molecule is CCCCCC=CC=CCCCCCCCCC(=O)OCCCC. The topological polar surface area (TPSA) is 26.3 Å². The van der Waals surface area contributed by atoms with Crippen LogP contribution in [0, 0.1) is 0 Å². The van der Waals surface area contributed by atoms with Crippen LogP contribution in [0.25, 0.3) is 0 Å². The average molecular weight is 337 g/mol. The number of allylic oxidation sites excluding steroid dienone is 4. The number of rotatable bonds is 17. The number of carbonyl (C=O) groups is 1. The van der Waals surface area contributed by atoms with Crippen LogP contribution in [-0.4, -0.2) is 12.6 Å². The summed E-state index contributed by atoms with van der Waals surface area (Å²) in [6.45, 7) is 4.94. The van der Waals surface area contributed by atoms with E-state index >= 15 is 0 Å². The number of hydrogen-bond donors (Lipinski definition) is 0. The molecule has 0 aliphatic rings. The van der Waals surface area contributed by atoms with Gasteiger partial charge in [-0.25, -0.2) is 0 Å². The second-order valence-corrected chi connectivity index (χ2v) is 6.59. The second kappa shape index (κ2) is 20.0. The Labute approximate surface area is 150 Å². The zero-order chi connectivity index (χ0) is 17.7. The number of ether oxygens (including phenoxy) is 1. The lowest BCUT2D eigenvalue weighted by atomic mass is 10.1. The van der Waals surface area contributed by atoms with E-state index in [2.05, 4.69) is 38.2 Å². The minimum atomic E-state index is -0.0173. The van der Waals surface area contributed by atoms with E-state index in [1.165, 1.54) is 57.8 Å². The Balaban J connectivity index is 3.23. The first-order valence-electron chi connectivity index (χ1n) is 10.3. The summed E-state index contributed by atoms with van der Waals surface area (Å²) in [4.78, 5) is 11.4. The maximum absolute atomic E-state index is 11.4. The molecule has 0 saturated heterocycles. The van der Waals surface area contributed by atoms with Crippen molar-refractivity contribution in [2.75, 3.05) is 6.61 Å². The molecule has 0 unspecified atom stereocenters. The highest BCUT2D eigenvalue weighted by atomic mass is 16.5. The number of esters is 1. The molecule has 0 saturated carbocycles. The van der Waals surface area contributed by atoms with Crippen molar-refractivity contribution in [1.82, 2.24) is 0 Å². The van der Waals surface area contributed by atoms with Crippen LogP contribution in [-0.2, 0) is 9.53 Å². The summed E-state index contributed by atoms with van der Waals surface area (Å²) >= 11 is 0. The van der Waals surface area contributed by atoms with Gasteiger partial charge in [0.1, 0.15) is 0 Å². The molecule has 0 aliphatic carbocycles. The van der Waals surface area contributed by atoms with Gasteiger partial charge in [-0.05, 0) is 38.5 Å². The number of unbranched alkanes of at least 4 members (excludes halogenated alkanes) is 10. The highest BCUT2D eigenvalue weighted by Gasteiger charge is 2.01. The van der Waals surface area contributed by atoms with Crippen molar-refractivity contribution >= 4 is 5.97 Å². The molecule has 0 rings (SSSR count). The van der Waals surface area contributed by atoms with Gasteiger partial charge in [-0.3, -0.25) is 4.79 Å². The van der Waals surface area contributed by atoms with Crippen molar-refractivity contribution < 1.29 is 9.53 Å². The molecule has 0 aromatic rings. The van der Waals surface area contributed by atoms with Gasteiger partial charge in [-0.15, -0.1) is 0 Å². The smallest absolute Gasteiger partial charge is 0.305 e. The molecule has 0 radical (unpaired) electrons. The standard InChI is InChI=1S/C22H40O2/c1-3-5-7-8-9-10-11-12-13-14-15-16-17-18-19-20-22(23)24-21-6-4-2/h9-12H,3-8,13-21H2,1-2H3. The third-order valence-corrected chi connectivity index (χ3v) is 4.12. The molecule has 0 atom stereocenters. The van der Waals surface area contributed by atoms with E-state index in [9.17, 15) is 4.79 Å². The molecule has 0 N–H and O–H groups in total. The van der Waals surface area contributed by atoms with Crippen LogP contribution >= 0.6 is 0 Å². The van der Waals surface area contributed by atoms with Crippen LogP contribution in [0.15, 0.2) is 24.3 Å². The molecule has 24 heavy (non-hydrogen) atoms. The molecule has 0 aliphatic heterocycles. The lowest BCUT2D eigenvalue weighted by Crippen LogP contribution is -2.05. The summed E-state index contributed by atoms with van der Waals surface area (Å²) in [5, 5.41) is 0. The van der Waals surface area contributed by atoms with Crippen molar-refractivity contribution in [2.24, 2.45) is 0 Å². The Morgan fingerprint density at radius 3 is 1.88 bits per heavy atom. The second-order valence-electron chi connectivity index (χ2n) is 6.59. The van der Waals surface area contributed by atoms with Gasteiger partial charge < -0.3 is 4.74 Å². The van der Waals surface area contributed by atoms with Crippen molar-refractivity contribution in [1.29, 1.82) is 0 Å². The summed E-state index contributed by atoms with van der Waals surface area (Å²) in [7, 11) is 0. The van der Waals surface area contributed by atoms with Crippen molar-refractivity contribution in [3.8, 4) is 0 Å². The summed E-state index contributed by atoms with van der Waals surface area (Å²) in [5.41, 5.74) is 0. The Morgan fingerprint density at radius 2 is 1.25 bits per heavy atom. The number of hydrogen-bond acceptors (Lipinski definition) is 2. The van der Waals surface area contributed by atoms with Crippen LogP contribution in [0.2, 0.25) is 0 Å². The van der Waals surface area contributed by atoms with Crippen LogP contribution in [0.4, 0.5) is 0 Å². The Bertz CT molecular complexity index is 318. The van der Waals surface area contributed by atoms with Gasteiger partial charge in [0, 0.05) is 6.42 Å².